The number of methoxy groups -OCH3 is 3. The highest BCUT2D eigenvalue weighted by molar-refractivity contribution is 5.70. The molecule has 0 amide bonds. The summed E-state index contributed by atoms with van der Waals surface area (Å²) in [6, 6.07) is 15.1. The van der Waals surface area contributed by atoms with Gasteiger partial charge in [0.05, 0.1) is 45.8 Å². The van der Waals surface area contributed by atoms with Crippen molar-refractivity contribution in [3.63, 3.8) is 0 Å². The molecule has 4 aromatic rings. The second-order valence-corrected chi connectivity index (χ2v) is 7.55. The van der Waals surface area contributed by atoms with Crippen LogP contribution < -0.4 is 18.9 Å². The SMILES string of the molecule is COc1ccc(OC)c(-c2nnc3ccc(-c4ccc(OC)c(O[C@H]5CCOC5)c4)nn23)c1. The van der Waals surface area contributed by atoms with Gasteiger partial charge in [0, 0.05) is 12.0 Å². The summed E-state index contributed by atoms with van der Waals surface area (Å²) < 4.78 is 29.7. The van der Waals surface area contributed by atoms with Gasteiger partial charge in [-0.1, -0.05) is 0 Å². The highest BCUT2D eigenvalue weighted by Gasteiger charge is 2.20. The Hall–Kier alpha value is -3.85. The molecule has 3 heterocycles. The van der Waals surface area contributed by atoms with Gasteiger partial charge in [-0.05, 0) is 48.5 Å². The van der Waals surface area contributed by atoms with Crippen molar-refractivity contribution in [2.24, 2.45) is 0 Å². The Morgan fingerprint density at radius 1 is 0.879 bits per heavy atom. The van der Waals surface area contributed by atoms with E-state index in [1.807, 2.05) is 48.5 Å². The zero-order chi connectivity index (χ0) is 22.8. The summed E-state index contributed by atoms with van der Waals surface area (Å²) in [5.41, 5.74) is 2.96. The molecule has 2 aromatic heterocycles. The van der Waals surface area contributed by atoms with Crippen LogP contribution in [0.15, 0.2) is 48.5 Å². The number of nitrogens with zero attached hydrogens (tertiary/aromatic N) is 4. The van der Waals surface area contributed by atoms with Crippen molar-refractivity contribution in [3.8, 4) is 45.6 Å². The Labute approximate surface area is 190 Å². The normalized spacial score (nSPS) is 15.5. The van der Waals surface area contributed by atoms with E-state index in [2.05, 4.69) is 10.2 Å². The van der Waals surface area contributed by atoms with Crippen LogP contribution >= 0.6 is 0 Å². The molecule has 0 saturated carbocycles. The first-order valence-corrected chi connectivity index (χ1v) is 10.6. The zero-order valence-corrected chi connectivity index (χ0v) is 18.6. The Bertz CT molecular complexity index is 1280. The lowest BCUT2D eigenvalue weighted by Gasteiger charge is -2.16. The molecule has 0 spiro atoms. The number of hydrogen-bond acceptors (Lipinski definition) is 8. The van der Waals surface area contributed by atoms with Crippen LogP contribution in [-0.4, -0.2) is 60.5 Å². The topological polar surface area (TPSA) is 89.2 Å². The second-order valence-electron chi connectivity index (χ2n) is 7.55. The van der Waals surface area contributed by atoms with Crippen molar-refractivity contribution in [1.82, 2.24) is 19.8 Å². The van der Waals surface area contributed by atoms with Crippen LogP contribution in [0.5, 0.6) is 23.0 Å². The molecular formula is C24H24N4O5. The fourth-order valence-electron chi connectivity index (χ4n) is 3.81. The van der Waals surface area contributed by atoms with Crippen molar-refractivity contribution in [3.05, 3.63) is 48.5 Å². The Morgan fingerprint density at radius 3 is 2.48 bits per heavy atom. The molecule has 9 heteroatoms. The van der Waals surface area contributed by atoms with Gasteiger partial charge in [0.25, 0.3) is 0 Å². The van der Waals surface area contributed by atoms with Crippen LogP contribution in [0.1, 0.15) is 6.42 Å². The Balaban J connectivity index is 1.57. The molecule has 9 nitrogen and oxygen atoms in total. The summed E-state index contributed by atoms with van der Waals surface area (Å²) in [6.07, 6.45) is 0.860. The molecule has 0 radical (unpaired) electrons. The minimum atomic E-state index is 0.00886. The third-order valence-electron chi connectivity index (χ3n) is 5.55. The molecule has 0 aliphatic carbocycles. The molecule has 0 unspecified atom stereocenters. The third kappa shape index (κ3) is 4.03. The molecule has 170 valence electrons. The zero-order valence-electron chi connectivity index (χ0n) is 18.6. The molecule has 1 fully saturated rings. The quantitative estimate of drug-likeness (QED) is 0.423. The van der Waals surface area contributed by atoms with Gasteiger partial charge < -0.3 is 23.7 Å². The van der Waals surface area contributed by atoms with Gasteiger partial charge in [0.15, 0.2) is 23.0 Å². The molecule has 1 aliphatic rings. The average molecular weight is 448 g/mol. The van der Waals surface area contributed by atoms with Crippen molar-refractivity contribution in [2.45, 2.75) is 12.5 Å². The smallest absolute Gasteiger partial charge is 0.189 e. The Morgan fingerprint density at radius 2 is 1.73 bits per heavy atom. The van der Waals surface area contributed by atoms with Gasteiger partial charge in [0.2, 0.25) is 0 Å². The number of rotatable bonds is 7. The largest absolute Gasteiger partial charge is 0.497 e. The van der Waals surface area contributed by atoms with Crippen molar-refractivity contribution in [1.29, 1.82) is 0 Å². The first-order valence-electron chi connectivity index (χ1n) is 10.6. The lowest BCUT2D eigenvalue weighted by Crippen LogP contribution is -2.16. The maximum Gasteiger partial charge on any atom is 0.189 e. The molecule has 1 atom stereocenters. The predicted molar refractivity (Wildman–Crippen MR) is 121 cm³/mol. The Kier molecular flexibility index (Phi) is 5.70. The first kappa shape index (κ1) is 21.0. The third-order valence-corrected chi connectivity index (χ3v) is 5.55. The average Bonchev–Trinajstić information content (AvgIpc) is 3.53. The number of hydrogen-bond donors (Lipinski definition) is 0. The minimum Gasteiger partial charge on any atom is -0.497 e. The van der Waals surface area contributed by atoms with Gasteiger partial charge in [-0.15, -0.1) is 10.2 Å². The number of ether oxygens (including phenoxy) is 5. The van der Waals surface area contributed by atoms with Gasteiger partial charge in [-0.2, -0.15) is 9.61 Å². The second kappa shape index (κ2) is 8.95. The molecule has 33 heavy (non-hydrogen) atoms. The summed E-state index contributed by atoms with van der Waals surface area (Å²) in [6.45, 7) is 1.28. The van der Waals surface area contributed by atoms with Crippen molar-refractivity contribution < 1.29 is 23.7 Å². The summed E-state index contributed by atoms with van der Waals surface area (Å²) in [5, 5.41) is 13.4. The first-order chi connectivity index (χ1) is 16.2. The van der Waals surface area contributed by atoms with Crippen LogP contribution in [-0.2, 0) is 4.74 Å². The van der Waals surface area contributed by atoms with E-state index in [-0.39, 0.29) is 6.10 Å². The van der Waals surface area contributed by atoms with Crippen LogP contribution in [0.4, 0.5) is 0 Å². The molecule has 0 N–H and O–H groups in total. The van der Waals surface area contributed by atoms with Crippen LogP contribution in [0.3, 0.4) is 0 Å². The maximum absolute atomic E-state index is 6.14. The maximum atomic E-state index is 6.14. The molecule has 0 bridgehead atoms. The molecule has 2 aromatic carbocycles. The fraction of sp³-hybridized carbons (Fsp3) is 0.292. The van der Waals surface area contributed by atoms with Crippen LogP contribution in [0.2, 0.25) is 0 Å². The molecule has 5 rings (SSSR count). The molecule has 1 saturated heterocycles. The van der Waals surface area contributed by atoms with Gasteiger partial charge >= 0.3 is 0 Å². The number of fused-ring (bicyclic) bond motifs is 1. The van der Waals surface area contributed by atoms with Crippen LogP contribution in [0, 0.1) is 0 Å². The predicted octanol–water partition coefficient (Wildman–Crippen LogP) is 3.65. The number of aromatic nitrogens is 4. The van der Waals surface area contributed by atoms with Gasteiger partial charge in [-0.3, -0.25) is 0 Å². The van der Waals surface area contributed by atoms with E-state index in [0.29, 0.717) is 47.7 Å². The molecular weight excluding hydrogens is 424 g/mol. The van der Waals surface area contributed by atoms with Crippen LogP contribution in [0.25, 0.3) is 28.3 Å². The molecule has 1 aliphatic heterocycles. The lowest BCUT2D eigenvalue weighted by molar-refractivity contribution is 0.138. The van der Waals surface area contributed by atoms with E-state index >= 15 is 0 Å². The summed E-state index contributed by atoms with van der Waals surface area (Å²) in [5.74, 6) is 3.21. The summed E-state index contributed by atoms with van der Waals surface area (Å²) >= 11 is 0. The highest BCUT2D eigenvalue weighted by Crippen LogP contribution is 2.35. The van der Waals surface area contributed by atoms with E-state index in [4.69, 9.17) is 28.8 Å². The summed E-state index contributed by atoms with van der Waals surface area (Å²) in [4.78, 5) is 0. The van der Waals surface area contributed by atoms with Crippen molar-refractivity contribution >= 4 is 5.65 Å². The summed E-state index contributed by atoms with van der Waals surface area (Å²) in [7, 11) is 4.86. The van der Waals surface area contributed by atoms with E-state index in [1.165, 1.54) is 0 Å². The van der Waals surface area contributed by atoms with Gasteiger partial charge in [0.1, 0.15) is 17.6 Å². The number of benzene rings is 2. The van der Waals surface area contributed by atoms with E-state index in [0.717, 1.165) is 23.2 Å². The monoisotopic (exact) mass is 448 g/mol. The van der Waals surface area contributed by atoms with E-state index < -0.39 is 0 Å². The van der Waals surface area contributed by atoms with E-state index in [1.54, 1.807) is 25.8 Å². The highest BCUT2D eigenvalue weighted by atomic mass is 16.6. The van der Waals surface area contributed by atoms with Crippen molar-refractivity contribution in [2.75, 3.05) is 34.5 Å². The minimum absolute atomic E-state index is 0.00886. The fourth-order valence-corrected chi connectivity index (χ4v) is 3.81. The van der Waals surface area contributed by atoms with E-state index in [9.17, 15) is 0 Å². The lowest BCUT2D eigenvalue weighted by atomic mass is 10.1. The van der Waals surface area contributed by atoms with Gasteiger partial charge in [-0.25, -0.2) is 0 Å². The standard InChI is InChI=1S/C24H24N4O5/c1-29-16-5-8-20(30-2)18(13-16)24-26-25-23-9-6-19(27-28(23)24)15-4-7-21(31-3)22(12-15)33-17-10-11-32-14-17/h4-9,12-13,17H,10-11,14H2,1-3H3/t17-/m0/s1.